The third-order valence-corrected chi connectivity index (χ3v) is 7.92. The molecule has 0 unspecified atom stereocenters. The zero-order valence-corrected chi connectivity index (χ0v) is 15.6. The number of aryl methyl sites for hydroxylation is 1. The molecule has 1 N–H and O–H groups in total. The quantitative estimate of drug-likeness (QED) is 0.858. The van der Waals surface area contributed by atoms with Crippen molar-refractivity contribution in [1.82, 2.24) is 19.0 Å². The van der Waals surface area contributed by atoms with Gasteiger partial charge in [0.25, 0.3) is 0 Å². The van der Waals surface area contributed by atoms with Gasteiger partial charge in [0.2, 0.25) is 10.0 Å². The van der Waals surface area contributed by atoms with E-state index in [9.17, 15) is 13.5 Å². The molecule has 8 heteroatoms. The van der Waals surface area contributed by atoms with Gasteiger partial charge in [-0.3, -0.25) is 4.68 Å². The van der Waals surface area contributed by atoms with Crippen molar-refractivity contribution in [2.45, 2.75) is 50.6 Å². The van der Waals surface area contributed by atoms with Crippen LogP contribution in [0.3, 0.4) is 0 Å². The standard InChI is InChI=1S/C16H28N4O3S/c1-4-20-13(2)14(10-17-20)24(22,23)19-9-7-16(12-21)6-5-8-18(3)15(16)11-19/h10,15,21H,4-9,11-12H2,1-3H3/t15-,16-/m1/s1. The number of likely N-dealkylation sites (tertiary alicyclic amines) is 1. The second-order valence-corrected chi connectivity index (χ2v) is 9.05. The lowest BCUT2D eigenvalue weighted by Crippen LogP contribution is -2.62. The number of nitrogens with zero attached hydrogens (tertiary/aromatic N) is 4. The summed E-state index contributed by atoms with van der Waals surface area (Å²) in [5.41, 5.74) is 0.523. The van der Waals surface area contributed by atoms with E-state index < -0.39 is 10.0 Å². The number of fused-ring (bicyclic) bond motifs is 1. The minimum Gasteiger partial charge on any atom is -0.396 e. The van der Waals surface area contributed by atoms with E-state index in [1.54, 1.807) is 15.9 Å². The van der Waals surface area contributed by atoms with Crippen molar-refractivity contribution < 1.29 is 13.5 Å². The molecule has 2 saturated heterocycles. The molecule has 0 saturated carbocycles. The summed E-state index contributed by atoms with van der Waals surface area (Å²) in [6.45, 7) is 6.39. The highest BCUT2D eigenvalue weighted by Crippen LogP contribution is 2.42. The van der Waals surface area contributed by atoms with Crippen LogP contribution in [0, 0.1) is 12.3 Å². The molecule has 0 aliphatic carbocycles. The number of aliphatic hydroxyl groups excluding tert-OH is 1. The van der Waals surface area contributed by atoms with E-state index in [2.05, 4.69) is 10.00 Å². The summed E-state index contributed by atoms with van der Waals surface area (Å²) in [7, 11) is -1.52. The third kappa shape index (κ3) is 2.69. The second-order valence-electron chi connectivity index (χ2n) is 7.14. The second kappa shape index (κ2) is 6.40. The lowest BCUT2D eigenvalue weighted by atomic mass is 9.69. The maximum atomic E-state index is 13.1. The normalized spacial score (nSPS) is 29.6. The van der Waals surface area contributed by atoms with Gasteiger partial charge in [-0.1, -0.05) is 0 Å². The van der Waals surface area contributed by atoms with Crippen molar-refractivity contribution in [3.8, 4) is 0 Å². The van der Waals surface area contributed by atoms with Crippen LogP contribution in [0.15, 0.2) is 11.1 Å². The minimum absolute atomic E-state index is 0.0706. The number of piperidine rings is 2. The van der Waals surface area contributed by atoms with E-state index in [-0.39, 0.29) is 18.1 Å². The Bertz CT molecular complexity index is 702. The van der Waals surface area contributed by atoms with Gasteiger partial charge in [0.15, 0.2) is 0 Å². The van der Waals surface area contributed by atoms with Gasteiger partial charge in [-0.2, -0.15) is 9.40 Å². The van der Waals surface area contributed by atoms with E-state index in [0.717, 1.165) is 19.4 Å². The Morgan fingerprint density at radius 2 is 2.12 bits per heavy atom. The Kier molecular flexibility index (Phi) is 4.76. The Labute approximate surface area is 144 Å². The molecule has 2 fully saturated rings. The number of hydrogen-bond donors (Lipinski definition) is 1. The fraction of sp³-hybridized carbons (Fsp3) is 0.812. The summed E-state index contributed by atoms with van der Waals surface area (Å²) in [4.78, 5) is 2.52. The van der Waals surface area contributed by atoms with Crippen molar-refractivity contribution in [1.29, 1.82) is 0 Å². The van der Waals surface area contributed by atoms with E-state index >= 15 is 0 Å². The summed E-state index contributed by atoms with van der Waals surface area (Å²) in [6, 6.07) is 0.0706. The van der Waals surface area contributed by atoms with Crippen molar-refractivity contribution in [2.24, 2.45) is 5.41 Å². The van der Waals surface area contributed by atoms with E-state index in [1.165, 1.54) is 6.20 Å². The summed E-state index contributed by atoms with van der Waals surface area (Å²) in [6.07, 6.45) is 4.20. The molecule has 0 spiro atoms. The molecule has 7 nitrogen and oxygen atoms in total. The van der Waals surface area contributed by atoms with Gasteiger partial charge in [-0.25, -0.2) is 8.42 Å². The number of aliphatic hydroxyl groups is 1. The summed E-state index contributed by atoms with van der Waals surface area (Å²) >= 11 is 0. The average molecular weight is 356 g/mol. The number of aromatic nitrogens is 2. The van der Waals surface area contributed by atoms with Crippen LogP contribution in [0.4, 0.5) is 0 Å². The van der Waals surface area contributed by atoms with Crippen LogP contribution >= 0.6 is 0 Å². The molecular weight excluding hydrogens is 328 g/mol. The van der Waals surface area contributed by atoms with E-state index in [0.29, 0.717) is 36.6 Å². The molecule has 1 aromatic heterocycles. The maximum Gasteiger partial charge on any atom is 0.246 e. The molecule has 3 heterocycles. The summed E-state index contributed by atoms with van der Waals surface area (Å²) in [5, 5.41) is 14.2. The minimum atomic E-state index is -3.55. The highest BCUT2D eigenvalue weighted by atomic mass is 32.2. The van der Waals surface area contributed by atoms with E-state index in [1.807, 2.05) is 14.0 Å². The van der Waals surface area contributed by atoms with Crippen molar-refractivity contribution in [3.63, 3.8) is 0 Å². The van der Waals surface area contributed by atoms with Gasteiger partial charge in [0, 0.05) is 31.1 Å². The molecule has 2 aliphatic heterocycles. The van der Waals surface area contributed by atoms with Gasteiger partial charge in [0.05, 0.1) is 18.5 Å². The first-order valence-corrected chi connectivity index (χ1v) is 10.1. The lowest BCUT2D eigenvalue weighted by Gasteiger charge is -2.53. The molecule has 3 rings (SSSR count). The Hall–Kier alpha value is -0.960. The first-order chi connectivity index (χ1) is 11.4. The van der Waals surface area contributed by atoms with Crippen LogP contribution in [0.2, 0.25) is 0 Å². The highest BCUT2D eigenvalue weighted by Gasteiger charge is 2.48. The highest BCUT2D eigenvalue weighted by molar-refractivity contribution is 7.89. The SMILES string of the molecule is CCn1ncc(S(=O)(=O)N2CC[C@@]3(CO)CCCN(C)[C@@H]3C2)c1C. The van der Waals surface area contributed by atoms with Gasteiger partial charge < -0.3 is 10.0 Å². The fourth-order valence-electron chi connectivity index (χ4n) is 4.35. The molecule has 2 aliphatic rings. The molecular formula is C16H28N4O3S. The Morgan fingerprint density at radius 1 is 1.38 bits per heavy atom. The monoisotopic (exact) mass is 356 g/mol. The zero-order chi connectivity index (χ0) is 17.5. The Morgan fingerprint density at radius 3 is 2.75 bits per heavy atom. The van der Waals surface area contributed by atoms with Crippen LogP contribution < -0.4 is 0 Å². The molecule has 0 amide bonds. The molecule has 1 aromatic rings. The molecule has 0 aromatic carbocycles. The van der Waals surface area contributed by atoms with Gasteiger partial charge in [0.1, 0.15) is 4.90 Å². The zero-order valence-electron chi connectivity index (χ0n) is 14.8. The molecule has 2 atom stereocenters. The largest absolute Gasteiger partial charge is 0.396 e. The average Bonchev–Trinajstić information content (AvgIpc) is 2.96. The van der Waals surface area contributed by atoms with Crippen LogP contribution in [0.5, 0.6) is 0 Å². The maximum absolute atomic E-state index is 13.1. The van der Waals surface area contributed by atoms with Crippen LogP contribution in [-0.2, 0) is 16.6 Å². The predicted molar refractivity (Wildman–Crippen MR) is 91.2 cm³/mol. The Balaban J connectivity index is 1.89. The smallest absolute Gasteiger partial charge is 0.246 e. The van der Waals surface area contributed by atoms with Gasteiger partial charge >= 0.3 is 0 Å². The molecule has 136 valence electrons. The van der Waals surface area contributed by atoms with E-state index in [4.69, 9.17) is 0 Å². The molecule has 0 bridgehead atoms. The first-order valence-electron chi connectivity index (χ1n) is 8.69. The first kappa shape index (κ1) is 17.8. The molecule has 0 radical (unpaired) electrons. The predicted octanol–water partition coefficient (Wildman–Crippen LogP) is 0.679. The number of rotatable bonds is 4. The van der Waals surface area contributed by atoms with Crippen molar-refractivity contribution in [3.05, 3.63) is 11.9 Å². The molecule has 24 heavy (non-hydrogen) atoms. The lowest BCUT2D eigenvalue weighted by molar-refractivity contribution is -0.0508. The van der Waals surface area contributed by atoms with Crippen molar-refractivity contribution >= 4 is 10.0 Å². The fourth-order valence-corrected chi connectivity index (χ4v) is 5.96. The van der Waals surface area contributed by atoms with Crippen LogP contribution in [-0.4, -0.2) is 71.8 Å². The number of hydrogen-bond acceptors (Lipinski definition) is 5. The summed E-state index contributed by atoms with van der Waals surface area (Å²) < 4.78 is 29.5. The summed E-state index contributed by atoms with van der Waals surface area (Å²) in [5.74, 6) is 0. The van der Waals surface area contributed by atoms with Gasteiger partial charge in [-0.05, 0) is 46.7 Å². The van der Waals surface area contributed by atoms with Crippen LogP contribution in [0.25, 0.3) is 0 Å². The van der Waals surface area contributed by atoms with Crippen molar-refractivity contribution in [2.75, 3.05) is 33.3 Å². The number of sulfonamides is 1. The van der Waals surface area contributed by atoms with Crippen LogP contribution in [0.1, 0.15) is 31.9 Å². The third-order valence-electron chi connectivity index (χ3n) is 5.95. The topological polar surface area (TPSA) is 78.7 Å². The van der Waals surface area contributed by atoms with Gasteiger partial charge in [-0.15, -0.1) is 0 Å². The number of likely N-dealkylation sites (N-methyl/N-ethyl adjacent to an activating group) is 1.